The lowest BCUT2D eigenvalue weighted by atomic mass is 10.1. The summed E-state index contributed by atoms with van der Waals surface area (Å²) in [5.74, 6) is -0.0487. The highest BCUT2D eigenvalue weighted by Crippen LogP contribution is 2.34. The van der Waals surface area contributed by atoms with Gasteiger partial charge in [0, 0.05) is 12.2 Å². The van der Waals surface area contributed by atoms with Gasteiger partial charge in [0.05, 0.1) is 5.56 Å². The summed E-state index contributed by atoms with van der Waals surface area (Å²) in [4.78, 5) is 8.30. The second kappa shape index (κ2) is 6.48. The zero-order valence-corrected chi connectivity index (χ0v) is 12.5. The van der Waals surface area contributed by atoms with Crippen LogP contribution in [0.15, 0.2) is 24.3 Å². The topological polar surface area (TPSA) is 35.0 Å². The number of hydrogen-bond acceptors (Lipinski definition) is 3. The van der Waals surface area contributed by atoms with E-state index in [-0.39, 0.29) is 22.0 Å². The van der Waals surface area contributed by atoms with E-state index in [2.05, 4.69) is 9.97 Å². The molecule has 2 rings (SSSR count). The highest BCUT2D eigenvalue weighted by Gasteiger charge is 2.19. The number of halogens is 3. The summed E-state index contributed by atoms with van der Waals surface area (Å²) in [5.41, 5.74) is 0.567. The van der Waals surface area contributed by atoms with Crippen molar-refractivity contribution in [2.45, 2.75) is 20.0 Å². The summed E-state index contributed by atoms with van der Waals surface area (Å²) in [6.07, 6.45) is -0.329. The average Bonchev–Trinajstić information content (AvgIpc) is 2.40. The van der Waals surface area contributed by atoms with Crippen molar-refractivity contribution in [2.75, 3.05) is 6.61 Å². The van der Waals surface area contributed by atoms with Crippen LogP contribution in [-0.4, -0.2) is 16.6 Å². The van der Waals surface area contributed by atoms with Crippen molar-refractivity contribution in [3.05, 3.63) is 46.2 Å². The summed E-state index contributed by atoms with van der Waals surface area (Å²) in [6, 6.07) is 6.20. The van der Waals surface area contributed by atoms with Crippen LogP contribution in [0.2, 0.25) is 10.3 Å². The number of nitrogens with zero attached hydrogens (tertiary/aromatic N) is 2. The molecule has 1 unspecified atom stereocenters. The molecule has 3 nitrogen and oxygen atoms in total. The van der Waals surface area contributed by atoms with E-state index in [0.717, 1.165) is 0 Å². The Morgan fingerprint density at radius 1 is 1.20 bits per heavy atom. The molecule has 1 aromatic heterocycles. The molecule has 0 saturated carbocycles. The minimum atomic E-state index is -0.425. The standard InChI is InChI=1S/C14H13Cl2FN2O/c1-3-20-8(2)14-18-12(15)11(13(16)19-14)9-6-4-5-7-10(9)17/h4-8H,3H2,1-2H3. The molecule has 0 aliphatic rings. The van der Waals surface area contributed by atoms with Crippen LogP contribution in [0.3, 0.4) is 0 Å². The number of ether oxygens (including phenoxy) is 1. The molecule has 6 heteroatoms. The molecule has 0 bridgehead atoms. The van der Waals surface area contributed by atoms with E-state index in [4.69, 9.17) is 27.9 Å². The second-order valence-corrected chi connectivity index (χ2v) is 4.83. The fraction of sp³-hybridized carbons (Fsp3) is 0.286. The molecular weight excluding hydrogens is 302 g/mol. The van der Waals surface area contributed by atoms with Crippen LogP contribution in [0.25, 0.3) is 11.1 Å². The van der Waals surface area contributed by atoms with Gasteiger partial charge in [0.2, 0.25) is 0 Å². The maximum Gasteiger partial charge on any atom is 0.160 e. The normalized spacial score (nSPS) is 12.4. The van der Waals surface area contributed by atoms with Crippen molar-refractivity contribution in [3.8, 4) is 11.1 Å². The fourth-order valence-corrected chi connectivity index (χ4v) is 2.42. The predicted molar refractivity (Wildman–Crippen MR) is 77.5 cm³/mol. The van der Waals surface area contributed by atoms with Crippen molar-refractivity contribution in [2.24, 2.45) is 0 Å². The number of rotatable bonds is 4. The minimum Gasteiger partial charge on any atom is -0.371 e. The van der Waals surface area contributed by atoms with E-state index in [1.165, 1.54) is 6.07 Å². The first-order valence-electron chi connectivity index (χ1n) is 6.14. The quantitative estimate of drug-likeness (QED) is 0.768. The summed E-state index contributed by atoms with van der Waals surface area (Å²) >= 11 is 12.3. The average molecular weight is 315 g/mol. The van der Waals surface area contributed by atoms with Crippen LogP contribution in [0, 0.1) is 5.82 Å². The number of aromatic nitrogens is 2. The molecule has 106 valence electrons. The van der Waals surface area contributed by atoms with Gasteiger partial charge in [-0.3, -0.25) is 0 Å². The third kappa shape index (κ3) is 3.08. The first kappa shape index (κ1) is 15.2. The molecule has 0 aliphatic heterocycles. The lowest BCUT2D eigenvalue weighted by Gasteiger charge is -2.13. The van der Waals surface area contributed by atoms with Gasteiger partial charge in [0.15, 0.2) is 5.82 Å². The van der Waals surface area contributed by atoms with Gasteiger partial charge in [0.1, 0.15) is 22.2 Å². The van der Waals surface area contributed by atoms with Gasteiger partial charge in [0.25, 0.3) is 0 Å². The monoisotopic (exact) mass is 314 g/mol. The first-order valence-corrected chi connectivity index (χ1v) is 6.89. The maximum atomic E-state index is 13.8. The van der Waals surface area contributed by atoms with Crippen molar-refractivity contribution < 1.29 is 9.13 Å². The molecule has 0 N–H and O–H groups in total. The fourth-order valence-electron chi connectivity index (χ4n) is 1.82. The van der Waals surface area contributed by atoms with Crippen LogP contribution in [-0.2, 0) is 4.74 Å². The van der Waals surface area contributed by atoms with Crippen molar-refractivity contribution >= 4 is 23.2 Å². The Balaban J connectivity index is 2.50. The van der Waals surface area contributed by atoms with Gasteiger partial charge >= 0.3 is 0 Å². The van der Waals surface area contributed by atoms with E-state index in [0.29, 0.717) is 18.0 Å². The molecular formula is C14H13Cl2FN2O. The molecule has 0 fully saturated rings. The zero-order valence-electron chi connectivity index (χ0n) is 11.0. The van der Waals surface area contributed by atoms with Gasteiger partial charge in [-0.25, -0.2) is 14.4 Å². The van der Waals surface area contributed by atoms with Crippen LogP contribution in [0.1, 0.15) is 25.8 Å². The Kier molecular flexibility index (Phi) is 4.91. The van der Waals surface area contributed by atoms with E-state index >= 15 is 0 Å². The third-order valence-corrected chi connectivity index (χ3v) is 3.31. The Morgan fingerprint density at radius 2 is 1.80 bits per heavy atom. The molecule has 1 heterocycles. The molecule has 0 spiro atoms. The van der Waals surface area contributed by atoms with Gasteiger partial charge in [-0.05, 0) is 19.9 Å². The summed E-state index contributed by atoms with van der Waals surface area (Å²) < 4.78 is 19.2. The van der Waals surface area contributed by atoms with Crippen LogP contribution in [0.4, 0.5) is 4.39 Å². The van der Waals surface area contributed by atoms with Gasteiger partial charge in [-0.15, -0.1) is 0 Å². The third-order valence-electron chi connectivity index (χ3n) is 2.76. The lowest BCUT2D eigenvalue weighted by Crippen LogP contribution is -2.06. The predicted octanol–water partition coefficient (Wildman–Crippen LogP) is 4.69. The maximum absolute atomic E-state index is 13.8. The SMILES string of the molecule is CCOC(C)c1nc(Cl)c(-c2ccccc2F)c(Cl)n1. The smallest absolute Gasteiger partial charge is 0.160 e. The summed E-state index contributed by atoms with van der Waals surface area (Å²) in [7, 11) is 0. The zero-order chi connectivity index (χ0) is 14.7. The summed E-state index contributed by atoms with van der Waals surface area (Å²) in [6.45, 7) is 4.19. The minimum absolute atomic E-state index is 0.108. The molecule has 1 aromatic carbocycles. The Bertz CT molecular complexity index is 599. The van der Waals surface area contributed by atoms with Gasteiger partial charge in [-0.2, -0.15) is 0 Å². The molecule has 20 heavy (non-hydrogen) atoms. The summed E-state index contributed by atoms with van der Waals surface area (Å²) in [5, 5.41) is 0.216. The molecule has 0 saturated heterocycles. The van der Waals surface area contributed by atoms with E-state index in [1.54, 1.807) is 25.1 Å². The van der Waals surface area contributed by atoms with E-state index in [1.807, 2.05) is 6.92 Å². The van der Waals surface area contributed by atoms with Gasteiger partial charge < -0.3 is 4.74 Å². The Morgan fingerprint density at radius 3 is 2.35 bits per heavy atom. The van der Waals surface area contributed by atoms with Crippen LogP contribution in [0.5, 0.6) is 0 Å². The van der Waals surface area contributed by atoms with E-state index < -0.39 is 5.82 Å². The molecule has 0 amide bonds. The molecule has 0 aliphatic carbocycles. The lowest BCUT2D eigenvalue weighted by molar-refractivity contribution is 0.0701. The number of hydrogen-bond donors (Lipinski definition) is 0. The van der Waals surface area contributed by atoms with E-state index in [9.17, 15) is 4.39 Å². The largest absolute Gasteiger partial charge is 0.371 e. The molecule has 2 aromatic rings. The van der Waals surface area contributed by atoms with Crippen LogP contribution < -0.4 is 0 Å². The highest BCUT2D eigenvalue weighted by molar-refractivity contribution is 6.37. The van der Waals surface area contributed by atoms with Crippen molar-refractivity contribution in [1.82, 2.24) is 9.97 Å². The molecule has 1 atom stereocenters. The van der Waals surface area contributed by atoms with Gasteiger partial charge in [-0.1, -0.05) is 41.4 Å². The first-order chi connectivity index (χ1) is 9.54. The van der Waals surface area contributed by atoms with Crippen LogP contribution >= 0.6 is 23.2 Å². The Hall–Kier alpha value is -1.23. The van der Waals surface area contributed by atoms with Crippen molar-refractivity contribution in [1.29, 1.82) is 0 Å². The highest BCUT2D eigenvalue weighted by atomic mass is 35.5. The number of benzene rings is 1. The van der Waals surface area contributed by atoms with Crippen molar-refractivity contribution in [3.63, 3.8) is 0 Å². The molecule has 0 radical (unpaired) electrons. The Labute approximate surface area is 126 Å². The second-order valence-electron chi connectivity index (χ2n) is 4.12.